The second kappa shape index (κ2) is 5.11. The number of nitrogen functional groups attached to an aromatic ring is 1. The van der Waals surface area contributed by atoms with Crippen LogP contribution in [-0.4, -0.2) is 23.0 Å². The van der Waals surface area contributed by atoms with E-state index in [-0.39, 0.29) is 0 Å². The van der Waals surface area contributed by atoms with Crippen molar-refractivity contribution < 1.29 is 0 Å². The first-order valence-electron chi connectivity index (χ1n) is 6.57. The number of aromatic nitrogens is 1. The number of anilines is 1. The Morgan fingerprint density at radius 2 is 2.11 bits per heavy atom. The molecule has 0 atom stereocenters. The smallest absolute Gasteiger partial charge is 0.0545 e. The molecule has 1 aromatic rings. The van der Waals surface area contributed by atoms with E-state index in [2.05, 4.69) is 36.7 Å². The minimum absolute atomic E-state index is 0.311. The number of hydrogen-bond acceptors (Lipinski definition) is 3. The average molecular weight is 245 g/mol. The van der Waals surface area contributed by atoms with E-state index in [0.29, 0.717) is 5.41 Å². The van der Waals surface area contributed by atoms with Crippen molar-refractivity contribution in [3.8, 4) is 0 Å². The Labute approximate surface area is 110 Å². The highest BCUT2D eigenvalue weighted by Crippen LogP contribution is 2.30. The van der Waals surface area contributed by atoms with Crippen LogP contribution in [0.4, 0.5) is 5.69 Å². The summed E-state index contributed by atoms with van der Waals surface area (Å²) in [6, 6.07) is 3.93. The van der Waals surface area contributed by atoms with E-state index in [1.165, 1.54) is 6.42 Å². The lowest BCUT2D eigenvalue weighted by Gasteiger charge is -2.31. The molecule has 1 aliphatic heterocycles. The summed E-state index contributed by atoms with van der Waals surface area (Å²) in [6.07, 6.45) is 5.27. The largest absolute Gasteiger partial charge is 0.397 e. The fourth-order valence-electron chi connectivity index (χ4n) is 2.29. The van der Waals surface area contributed by atoms with Crippen LogP contribution in [0.2, 0.25) is 0 Å². The van der Waals surface area contributed by atoms with Crippen LogP contribution in [0.1, 0.15) is 32.9 Å². The molecular weight excluding hydrogens is 222 g/mol. The Kier molecular flexibility index (Phi) is 3.71. The number of rotatable bonds is 2. The third-order valence-corrected chi connectivity index (χ3v) is 3.49. The van der Waals surface area contributed by atoms with Crippen molar-refractivity contribution in [1.82, 2.24) is 9.88 Å². The summed E-state index contributed by atoms with van der Waals surface area (Å²) in [4.78, 5) is 6.78. The normalized spacial score (nSPS) is 17.6. The molecule has 3 nitrogen and oxygen atoms in total. The number of nitrogens with two attached hydrogens (primary N) is 1. The van der Waals surface area contributed by atoms with Crippen LogP contribution in [0, 0.1) is 5.41 Å². The minimum atomic E-state index is 0.311. The molecule has 0 spiro atoms. The predicted octanol–water partition coefficient (Wildman–Crippen LogP) is 2.84. The van der Waals surface area contributed by atoms with Gasteiger partial charge in [-0.05, 0) is 24.0 Å². The lowest BCUT2D eigenvalue weighted by atomic mass is 9.83. The minimum Gasteiger partial charge on any atom is -0.397 e. The number of nitrogens with zero attached hydrogens (tertiary/aromatic N) is 2. The summed E-state index contributed by atoms with van der Waals surface area (Å²) in [5, 5.41) is 0. The molecule has 0 bridgehead atoms. The Balaban J connectivity index is 1.94. The zero-order valence-corrected chi connectivity index (χ0v) is 11.6. The number of pyridine rings is 1. The van der Waals surface area contributed by atoms with Gasteiger partial charge >= 0.3 is 0 Å². The zero-order chi connectivity index (χ0) is 13.2. The molecule has 3 heteroatoms. The van der Waals surface area contributed by atoms with Crippen LogP contribution in [0.25, 0.3) is 0 Å². The molecule has 0 aromatic carbocycles. The van der Waals surface area contributed by atoms with Gasteiger partial charge < -0.3 is 5.73 Å². The fraction of sp³-hybridized carbons (Fsp3) is 0.533. The first-order chi connectivity index (χ1) is 8.45. The highest BCUT2D eigenvalue weighted by Gasteiger charge is 2.21. The van der Waals surface area contributed by atoms with Gasteiger partial charge in [-0.1, -0.05) is 32.4 Å². The molecule has 1 aliphatic rings. The van der Waals surface area contributed by atoms with Gasteiger partial charge in [-0.25, -0.2) is 0 Å². The Bertz CT molecular complexity index is 426. The average Bonchev–Trinajstić information content (AvgIpc) is 2.32. The highest BCUT2D eigenvalue weighted by atomic mass is 15.1. The maximum Gasteiger partial charge on any atom is 0.0545 e. The molecular formula is C15H23N3. The van der Waals surface area contributed by atoms with Gasteiger partial charge in [0.05, 0.1) is 17.6 Å². The number of hydrogen-bond donors (Lipinski definition) is 1. The molecule has 18 heavy (non-hydrogen) atoms. The van der Waals surface area contributed by atoms with Gasteiger partial charge in [0.1, 0.15) is 0 Å². The van der Waals surface area contributed by atoms with E-state index in [9.17, 15) is 0 Å². The van der Waals surface area contributed by atoms with Crippen molar-refractivity contribution in [2.45, 2.75) is 33.7 Å². The molecule has 1 aromatic heterocycles. The van der Waals surface area contributed by atoms with Crippen LogP contribution in [0.3, 0.4) is 0 Å². The molecule has 0 saturated carbocycles. The third-order valence-electron chi connectivity index (χ3n) is 3.49. The van der Waals surface area contributed by atoms with Gasteiger partial charge in [0.15, 0.2) is 0 Å². The van der Waals surface area contributed by atoms with Crippen molar-refractivity contribution in [2.24, 2.45) is 5.41 Å². The maximum absolute atomic E-state index is 5.64. The van der Waals surface area contributed by atoms with E-state index in [1.807, 2.05) is 12.1 Å². The van der Waals surface area contributed by atoms with E-state index >= 15 is 0 Å². The predicted molar refractivity (Wildman–Crippen MR) is 76.1 cm³/mol. The van der Waals surface area contributed by atoms with Crippen molar-refractivity contribution in [1.29, 1.82) is 0 Å². The van der Waals surface area contributed by atoms with E-state index in [4.69, 9.17) is 5.73 Å². The second-order valence-electron chi connectivity index (χ2n) is 6.05. The standard InChI is InChI=1S/C15H23N3/c1-15(2,3)12-6-8-18(9-7-12)11-14-5-4-13(16)10-17-14/h4-6,10H,7-9,11,16H2,1-3H3. The zero-order valence-electron chi connectivity index (χ0n) is 11.6. The molecule has 0 saturated heterocycles. The highest BCUT2D eigenvalue weighted by molar-refractivity contribution is 5.34. The topological polar surface area (TPSA) is 42.1 Å². The first kappa shape index (κ1) is 13.1. The molecule has 2 N–H and O–H groups in total. The first-order valence-corrected chi connectivity index (χ1v) is 6.57. The maximum atomic E-state index is 5.64. The van der Waals surface area contributed by atoms with Crippen LogP contribution in [0.15, 0.2) is 30.0 Å². The third kappa shape index (κ3) is 3.33. The quantitative estimate of drug-likeness (QED) is 0.815. The van der Waals surface area contributed by atoms with Crippen LogP contribution < -0.4 is 5.73 Å². The molecule has 98 valence electrons. The molecule has 0 unspecified atom stereocenters. The lowest BCUT2D eigenvalue weighted by molar-refractivity contribution is 0.268. The monoisotopic (exact) mass is 245 g/mol. The Morgan fingerprint density at radius 3 is 2.61 bits per heavy atom. The molecule has 0 amide bonds. The van der Waals surface area contributed by atoms with Crippen molar-refractivity contribution in [3.05, 3.63) is 35.7 Å². The summed E-state index contributed by atoms with van der Waals surface area (Å²) in [5.41, 5.74) is 9.35. The molecule has 0 radical (unpaired) electrons. The summed E-state index contributed by atoms with van der Waals surface area (Å²) in [5.74, 6) is 0. The van der Waals surface area contributed by atoms with Crippen LogP contribution >= 0.6 is 0 Å². The summed E-state index contributed by atoms with van der Waals surface area (Å²) >= 11 is 0. The SMILES string of the molecule is CC(C)(C)C1=CCN(Cc2ccc(N)cn2)CC1. The van der Waals surface area contributed by atoms with Crippen LogP contribution in [-0.2, 0) is 6.54 Å². The van der Waals surface area contributed by atoms with Gasteiger partial charge in [0.25, 0.3) is 0 Å². The fourth-order valence-corrected chi connectivity index (χ4v) is 2.29. The second-order valence-corrected chi connectivity index (χ2v) is 6.05. The molecule has 0 fully saturated rings. The van der Waals surface area contributed by atoms with E-state index in [0.717, 1.165) is 31.0 Å². The van der Waals surface area contributed by atoms with Crippen LogP contribution in [0.5, 0.6) is 0 Å². The van der Waals surface area contributed by atoms with Crippen molar-refractivity contribution in [2.75, 3.05) is 18.8 Å². The molecule has 0 aliphatic carbocycles. The van der Waals surface area contributed by atoms with Crippen molar-refractivity contribution >= 4 is 5.69 Å². The summed E-state index contributed by atoms with van der Waals surface area (Å²) < 4.78 is 0. The van der Waals surface area contributed by atoms with E-state index < -0.39 is 0 Å². The lowest BCUT2D eigenvalue weighted by Crippen LogP contribution is -2.31. The molecule has 2 rings (SSSR count). The molecule has 2 heterocycles. The Morgan fingerprint density at radius 1 is 1.33 bits per heavy atom. The summed E-state index contributed by atoms with van der Waals surface area (Å²) in [6.45, 7) is 9.92. The van der Waals surface area contributed by atoms with Gasteiger partial charge in [-0.2, -0.15) is 0 Å². The van der Waals surface area contributed by atoms with Gasteiger partial charge in [-0.15, -0.1) is 0 Å². The van der Waals surface area contributed by atoms with Gasteiger partial charge in [-0.3, -0.25) is 9.88 Å². The van der Waals surface area contributed by atoms with Gasteiger partial charge in [0, 0.05) is 19.6 Å². The summed E-state index contributed by atoms with van der Waals surface area (Å²) in [7, 11) is 0. The van der Waals surface area contributed by atoms with E-state index in [1.54, 1.807) is 11.8 Å². The van der Waals surface area contributed by atoms with Gasteiger partial charge in [0.2, 0.25) is 0 Å². The Hall–Kier alpha value is -1.35. The van der Waals surface area contributed by atoms with Crippen molar-refractivity contribution in [3.63, 3.8) is 0 Å².